The summed E-state index contributed by atoms with van der Waals surface area (Å²) in [6, 6.07) is 4.93. The summed E-state index contributed by atoms with van der Waals surface area (Å²) in [5.74, 6) is 2.54. The zero-order chi connectivity index (χ0) is 24.7. The average Bonchev–Trinajstić information content (AvgIpc) is 3.21. The second kappa shape index (κ2) is 9.44. The Morgan fingerprint density at radius 1 is 1.17 bits per heavy atom. The molecule has 4 heterocycles. The van der Waals surface area contributed by atoms with Crippen molar-refractivity contribution in [2.45, 2.75) is 12.6 Å². The van der Waals surface area contributed by atoms with E-state index in [9.17, 15) is 4.55 Å². The zero-order valence-electron chi connectivity index (χ0n) is 18.6. The summed E-state index contributed by atoms with van der Waals surface area (Å²) in [7, 11) is 0. The SMILES string of the molecule is N=C(c1cnc(N2CC3(CC[S+]([O-])C3)C2)nc1)c1cc(O[C@H](N)c2c(Cl)cncc2Cl)ccc1N. The van der Waals surface area contributed by atoms with Gasteiger partial charge in [0.05, 0.1) is 21.2 Å². The summed E-state index contributed by atoms with van der Waals surface area (Å²) < 4.78 is 17.6. The molecule has 2 saturated heterocycles. The van der Waals surface area contributed by atoms with Crippen LogP contribution in [0, 0.1) is 10.8 Å². The fraction of sp³-hybridized carbons (Fsp3) is 0.304. The maximum absolute atomic E-state index is 11.8. The first-order chi connectivity index (χ1) is 16.7. The van der Waals surface area contributed by atoms with Crippen LogP contribution in [0.3, 0.4) is 0 Å². The van der Waals surface area contributed by atoms with Gasteiger partial charge in [0.25, 0.3) is 0 Å². The number of pyridine rings is 1. The molecule has 2 fully saturated rings. The molecule has 5 rings (SSSR count). The van der Waals surface area contributed by atoms with Crippen LogP contribution in [0.4, 0.5) is 11.6 Å². The van der Waals surface area contributed by atoms with E-state index in [2.05, 4.69) is 19.9 Å². The third-order valence-electron chi connectivity index (χ3n) is 6.32. The molecule has 0 amide bonds. The zero-order valence-corrected chi connectivity index (χ0v) is 20.9. The molecule has 0 aliphatic carbocycles. The predicted molar refractivity (Wildman–Crippen MR) is 138 cm³/mol. The highest BCUT2D eigenvalue weighted by molar-refractivity contribution is 7.91. The van der Waals surface area contributed by atoms with Crippen molar-refractivity contribution < 1.29 is 9.29 Å². The van der Waals surface area contributed by atoms with Crippen LogP contribution in [0.2, 0.25) is 10.0 Å². The summed E-state index contributed by atoms with van der Waals surface area (Å²) in [4.78, 5) is 14.9. The molecule has 182 valence electrons. The number of nitrogens with one attached hydrogen (secondary N) is 1. The molecule has 35 heavy (non-hydrogen) atoms. The smallest absolute Gasteiger partial charge is 0.225 e. The largest absolute Gasteiger partial charge is 0.616 e. The van der Waals surface area contributed by atoms with Crippen molar-refractivity contribution in [2.75, 3.05) is 35.2 Å². The number of nitrogens with two attached hydrogens (primary N) is 2. The number of nitrogen functional groups attached to an aromatic ring is 1. The highest BCUT2D eigenvalue weighted by Crippen LogP contribution is 2.42. The molecule has 1 aromatic carbocycles. The lowest BCUT2D eigenvalue weighted by Crippen LogP contribution is -2.57. The molecule has 5 N–H and O–H groups in total. The number of anilines is 2. The van der Waals surface area contributed by atoms with Gasteiger partial charge >= 0.3 is 0 Å². The minimum Gasteiger partial charge on any atom is -0.616 e. The van der Waals surface area contributed by atoms with E-state index in [1.165, 1.54) is 12.4 Å². The van der Waals surface area contributed by atoms with Gasteiger partial charge in [-0.05, 0) is 18.2 Å². The van der Waals surface area contributed by atoms with E-state index in [4.69, 9.17) is 44.8 Å². The van der Waals surface area contributed by atoms with Crippen LogP contribution < -0.4 is 21.1 Å². The van der Waals surface area contributed by atoms with Crippen LogP contribution in [0.25, 0.3) is 0 Å². The molecular weight excluding hydrogens is 509 g/mol. The van der Waals surface area contributed by atoms with Gasteiger partial charge in [-0.25, -0.2) is 9.97 Å². The molecule has 1 unspecified atom stereocenters. The van der Waals surface area contributed by atoms with Gasteiger partial charge in [0.1, 0.15) is 17.3 Å². The van der Waals surface area contributed by atoms with Crippen LogP contribution in [-0.4, -0.2) is 49.8 Å². The van der Waals surface area contributed by atoms with Gasteiger partial charge in [0.15, 0.2) is 6.23 Å². The van der Waals surface area contributed by atoms with Gasteiger partial charge in [-0.15, -0.1) is 0 Å². The minimum atomic E-state index is -0.941. The van der Waals surface area contributed by atoms with Crippen molar-refractivity contribution in [1.82, 2.24) is 15.0 Å². The molecule has 9 nitrogen and oxygen atoms in total. The number of hydrogen-bond donors (Lipinski definition) is 3. The van der Waals surface area contributed by atoms with E-state index < -0.39 is 17.4 Å². The van der Waals surface area contributed by atoms with Crippen molar-refractivity contribution in [3.05, 3.63) is 69.7 Å². The standard InChI is InChI=1S/C23H23Cl2N7O2S/c24-16-8-29-9-17(25)19(16)21(28)34-14-1-2-18(26)15(5-14)20(27)13-6-30-22(31-7-13)32-10-23(11-32)3-4-35(33)12-23/h1-2,5-9,21,27H,3-4,10-12,26,28H2/t21-,35?/m0/s1. The first-order valence-electron chi connectivity index (χ1n) is 10.9. The van der Waals surface area contributed by atoms with Crippen molar-refractivity contribution >= 4 is 51.7 Å². The number of hydrogen-bond acceptors (Lipinski definition) is 9. The van der Waals surface area contributed by atoms with Crippen LogP contribution >= 0.6 is 23.2 Å². The lowest BCUT2D eigenvalue weighted by atomic mass is 9.80. The van der Waals surface area contributed by atoms with Gasteiger partial charge < -0.3 is 19.9 Å². The monoisotopic (exact) mass is 531 g/mol. The Kier molecular flexibility index (Phi) is 6.49. The van der Waals surface area contributed by atoms with Crippen LogP contribution in [0.1, 0.15) is 29.3 Å². The maximum Gasteiger partial charge on any atom is 0.225 e. The summed E-state index contributed by atoms with van der Waals surface area (Å²) in [6.45, 7) is 1.63. The number of halogens is 2. The minimum absolute atomic E-state index is 0.139. The molecule has 12 heteroatoms. The normalized spacial score (nSPS) is 19.4. The first-order valence-corrected chi connectivity index (χ1v) is 13.1. The van der Waals surface area contributed by atoms with Crippen molar-refractivity contribution in [2.24, 2.45) is 11.1 Å². The summed E-state index contributed by atoms with van der Waals surface area (Å²) in [5.41, 5.74) is 14.4. The Morgan fingerprint density at radius 2 is 1.86 bits per heavy atom. The fourth-order valence-corrected chi connectivity index (χ4v) is 6.86. The second-order valence-electron chi connectivity index (χ2n) is 8.85. The van der Waals surface area contributed by atoms with Gasteiger partial charge in [-0.2, -0.15) is 0 Å². The van der Waals surface area contributed by atoms with E-state index in [0.717, 1.165) is 31.0 Å². The van der Waals surface area contributed by atoms with E-state index in [0.29, 0.717) is 44.1 Å². The molecule has 0 radical (unpaired) electrons. The Balaban J connectivity index is 1.29. The second-order valence-corrected chi connectivity index (χ2v) is 11.2. The molecule has 1 spiro atoms. The van der Waals surface area contributed by atoms with E-state index >= 15 is 0 Å². The predicted octanol–water partition coefficient (Wildman–Crippen LogP) is 3.17. The first kappa shape index (κ1) is 24.1. The third-order valence-corrected chi connectivity index (χ3v) is 8.52. The summed E-state index contributed by atoms with van der Waals surface area (Å²) >= 11 is 11.6. The Hall–Kier alpha value is -2.63. The number of rotatable bonds is 6. The Bertz CT molecular complexity index is 1250. The third kappa shape index (κ3) is 4.76. The van der Waals surface area contributed by atoms with Gasteiger partial charge in [0, 0.05) is 66.7 Å². The highest BCUT2D eigenvalue weighted by atomic mass is 35.5. The number of benzene rings is 1. The van der Waals surface area contributed by atoms with Crippen LogP contribution in [0.15, 0.2) is 43.0 Å². The molecule has 0 saturated carbocycles. The lowest BCUT2D eigenvalue weighted by molar-refractivity contribution is 0.214. The van der Waals surface area contributed by atoms with Crippen molar-refractivity contribution in [3.8, 4) is 5.75 Å². The van der Waals surface area contributed by atoms with Crippen LogP contribution in [0.5, 0.6) is 5.75 Å². The Labute approximate surface area is 215 Å². The molecule has 2 atom stereocenters. The number of aromatic nitrogens is 3. The molecular formula is C23H23Cl2N7O2S. The highest BCUT2D eigenvalue weighted by Gasteiger charge is 2.51. The fourth-order valence-electron chi connectivity index (χ4n) is 4.46. The Morgan fingerprint density at radius 3 is 2.49 bits per heavy atom. The molecule has 2 aliphatic rings. The summed E-state index contributed by atoms with van der Waals surface area (Å²) in [6.07, 6.45) is 6.14. The van der Waals surface area contributed by atoms with Gasteiger partial charge in [0.2, 0.25) is 5.95 Å². The maximum atomic E-state index is 11.8. The lowest BCUT2D eigenvalue weighted by Gasteiger charge is -2.46. The van der Waals surface area contributed by atoms with Gasteiger partial charge in [-0.1, -0.05) is 34.4 Å². The van der Waals surface area contributed by atoms with E-state index in [1.807, 2.05) is 0 Å². The quantitative estimate of drug-likeness (QED) is 0.190. The van der Waals surface area contributed by atoms with E-state index in [1.54, 1.807) is 30.6 Å². The topological polar surface area (TPSA) is 150 Å². The number of ether oxygens (including phenoxy) is 1. The molecule has 0 bridgehead atoms. The van der Waals surface area contributed by atoms with E-state index in [-0.39, 0.29) is 11.1 Å². The molecule has 2 aliphatic heterocycles. The van der Waals surface area contributed by atoms with Gasteiger partial charge in [-0.3, -0.25) is 16.1 Å². The summed E-state index contributed by atoms with van der Waals surface area (Å²) in [5, 5.41) is 9.25. The van der Waals surface area contributed by atoms with Crippen molar-refractivity contribution in [3.63, 3.8) is 0 Å². The van der Waals surface area contributed by atoms with Crippen LogP contribution in [-0.2, 0) is 11.2 Å². The molecule has 2 aromatic heterocycles. The average molecular weight is 532 g/mol. The molecule has 3 aromatic rings. The number of nitrogens with zero attached hydrogens (tertiary/aromatic N) is 4. The van der Waals surface area contributed by atoms with Crippen molar-refractivity contribution in [1.29, 1.82) is 5.41 Å².